The Morgan fingerprint density at radius 2 is 1.81 bits per heavy atom. The lowest BCUT2D eigenvalue weighted by atomic mass is 10.1. The standard InChI is InChI=1S/C15H20FNO3S/c1-11(18)12-8-9-14(16)15(10-12)21(19,20)17-13-6-4-2-3-5-7-13/h8-10,13,17H,2-7H2,1H3. The van der Waals surface area contributed by atoms with Crippen molar-refractivity contribution in [3.63, 3.8) is 0 Å². The summed E-state index contributed by atoms with van der Waals surface area (Å²) < 4.78 is 41.1. The Labute approximate surface area is 124 Å². The third-order valence-electron chi connectivity index (χ3n) is 3.80. The second-order valence-electron chi connectivity index (χ2n) is 5.51. The average molecular weight is 313 g/mol. The summed E-state index contributed by atoms with van der Waals surface area (Å²) in [4.78, 5) is 10.9. The molecule has 1 aliphatic carbocycles. The molecule has 1 aromatic rings. The first-order valence-electron chi connectivity index (χ1n) is 7.23. The van der Waals surface area contributed by atoms with Gasteiger partial charge >= 0.3 is 0 Å². The first-order valence-corrected chi connectivity index (χ1v) is 8.71. The Morgan fingerprint density at radius 3 is 2.38 bits per heavy atom. The van der Waals surface area contributed by atoms with Gasteiger partial charge in [0.15, 0.2) is 5.78 Å². The van der Waals surface area contributed by atoms with Crippen molar-refractivity contribution in [3.8, 4) is 0 Å². The number of sulfonamides is 1. The first-order chi connectivity index (χ1) is 9.90. The van der Waals surface area contributed by atoms with E-state index in [9.17, 15) is 17.6 Å². The van der Waals surface area contributed by atoms with Crippen LogP contribution in [0.4, 0.5) is 4.39 Å². The van der Waals surface area contributed by atoms with Gasteiger partial charge in [0, 0.05) is 11.6 Å². The predicted octanol–water partition coefficient (Wildman–Crippen LogP) is 3.03. The molecule has 1 saturated carbocycles. The molecular weight excluding hydrogens is 293 g/mol. The van der Waals surface area contributed by atoms with Crippen molar-refractivity contribution in [3.05, 3.63) is 29.6 Å². The fourth-order valence-electron chi connectivity index (χ4n) is 2.61. The zero-order valence-corrected chi connectivity index (χ0v) is 12.9. The number of carbonyl (C=O) groups is 1. The van der Waals surface area contributed by atoms with Gasteiger partial charge in [-0.15, -0.1) is 0 Å². The highest BCUT2D eigenvalue weighted by atomic mass is 32.2. The average Bonchev–Trinajstić information content (AvgIpc) is 2.66. The van der Waals surface area contributed by atoms with Gasteiger partial charge in [0.25, 0.3) is 0 Å². The minimum atomic E-state index is -3.94. The molecule has 0 saturated heterocycles. The minimum absolute atomic E-state index is 0.155. The van der Waals surface area contributed by atoms with Crippen molar-refractivity contribution in [2.75, 3.05) is 0 Å². The van der Waals surface area contributed by atoms with Crippen LogP contribution in [0.2, 0.25) is 0 Å². The van der Waals surface area contributed by atoms with Crippen molar-refractivity contribution >= 4 is 15.8 Å². The highest BCUT2D eigenvalue weighted by molar-refractivity contribution is 7.89. The van der Waals surface area contributed by atoms with Crippen LogP contribution in [0.25, 0.3) is 0 Å². The van der Waals surface area contributed by atoms with Crippen LogP contribution in [0.15, 0.2) is 23.1 Å². The van der Waals surface area contributed by atoms with E-state index in [1.54, 1.807) is 0 Å². The van der Waals surface area contributed by atoms with E-state index in [0.717, 1.165) is 50.7 Å². The summed E-state index contributed by atoms with van der Waals surface area (Å²) in [5.74, 6) is -1.12. The second kappa shape index (κ2) is 6.66. The summed E-state index contributed by atoms with van der Waals surface area (Å²) in [5.41, 5.74) is 0.192. The van der Waals surface area contributed by atoms with Crippen LogP contribution in [0.1, 0.15) is 55.8 Å². The summed E-state index contributed by atoms with van der Waals surface area (Å²) in [5, 5.41) is 0. The Balaban J connectivity index is 2.26. The minimum Gasteiger partial charge on any atom is -0.295 e. The molecular formula is C15H20FNO3S. The van der Waals surface area contributed by atoms with Crippen LogP contribution >= 0.6 is 0 Å². The molecule has 1 aromatic carbocycles. The molecule has 1 N–H and O–H groups in total. The molecule has 21 heavy (non-hydrogen) atoms. The van der Waals surface area contributed by atoms with Gasteiger partial charge < -0.3 is 0 Å². The largest absolute Gasteiger partial charge is 0.295 e. The number of Topliss-reactive ketones (excluding diaryl/α,β-unsaturated/α-hetero) is 1. The highest BCUT2D eigenvalue weighted by Crippen LogP contribution is 2.21. The van der Waals surface area contributed by atoms with Gasteiger partial charge in [-0.3, -0.25) is 4.79 Å². The Kier molecular flexibility index (Phi) is 5.11. The number of benzene rings is 1. The van der Waals surface area contributed by atoms with Gasteiger partial charge in [-0.1, -0.05) is 25.7 Å². The quantitative estimate of drug-likeness (QED) is 0.686. The summed E-state index contributed by atoms with van der Waals surface area (Å²) in [6.45, 7) is 1.32. The maximum Gasteiger partial charge on any atom is 0.243 e. The number of carbonyl (C=O) groups excluding carboxylic acids is 1. The Bertz CT molecular complexity index is 620. The van der Waals surface area contributed by atoms with Crippen molar-refractivity contribution < 1.29 is 17.6 Å². The van der Waals surface area contributed by atoms with E-state index in [2.05, 4.69) is 4.72 Å². The SMILES string of the molecule is CC(=O)c1ccc(F)c(S(=O)(=O)NC2CCCCCC2)c1. The third kappa shape index (κ3) is 4.11. The highest BCUT2D eigenvalue weighted by Gasteiger charge is 2.24. The molecule has 116 valence electrons. The second-order valence-corrected chi connectivity index (χ2v) is 7.19. The summed E-state index contributed by atoms with van der Waals surface area (Å²) in [7, 11) is -3.94. The van der Waals surface area contributed by atoms with Crippen molar-refractivity contribution in [1.29, 1.82) is 0 Å². The normalized spacial score (nSPS) is 17.4. The van der Waals surface area contributed by atoms with Crippen LogP contribution in [0.3, 0.4) is 0 Å². The molecule has 2 rings (SSSR count). The first kappa shape index (κ1) is 16.1. The van der Waals surface area contributed by atoms with Crippen LogP contribution in [-0.4, -0.2) is 20.2 Å². The van der Waals surface area contributed by atoms with Crippen molar-refractivity contribution in [1.82, 2.24) is 4.72 Å². The van der Waals surface area contributed by atoms with E-state index >= 15 is 0 Å². The fraction of sp³-hybridized carbons (Fsp3) is 0.533. The molecule has 0 bridgehead atoms. The van der Waals surface area contributed by atoms with Gasteiger partial charge in [0.2, 0.25) is 10.0 Å². The monoisotopic (exact) mass is 313 g/mol. The van der Waals surface area contributed by atoms with E-state index in [-0.39, 0.29) is 17.4 Å². The number of nitrogens with one attached hydrogen (secondary N) is 1. The molecule has 4 nitrogen and oxygen atoms in total. The summed E-state index contributed by atoms with van der Waals surface area (Å²) in [6, 6.07) is 3.27. The van der Waals surface area contributed by atoms with E-state index in [1.165, 1.54) is 13.0 Å². The van der Waals surface area contributed by atoms with E-state index in [4.69, 9.17) is 0 Å². The molecule has 1 aliphatic rings. The summed E-state index contributed by atoms with van der Waals surface area (Å²) in [6.07, 6.45) is 5.70. The van der Waals surface area contributed by atoms with Crippen LogP contribution < -0.4 is 4.72 Å². The molecule has 0 heterocycles. The lowest BCUT2D eigenvalue weighted by Crippen LogP contribution is -2.35. The molecule has 0 aromatic heterocycles. The number of hydrogen-bond acceptors (Lipinski definition) is 3. The van der Waals surface area contributed by atoms with Crippen LogP contribution in [0, 0.1) is 5.82 Å². The zero-order chi connectivity index (χ0) is 15.5. The Morgan fingerprint density at radius 1 is 1.19 bits per heavy atom. The van der Waals surface area contributed by atoms with Gasteiger partial charge in [-0.25, -0.2) is 17.5 Å². The van der Waals surface area contributed by atoms with Gasteiger partial charge in [0.05, 0.1) is 0 Å². The molecule has 1 fully saturated rings. The lowest BCUT2D eigenvalue weighted by molar-refractivity contribution is 0.101. The number of hydrogen-bond donors (Lipinski definition) is 1. The summed E-state index contributed by atoms with van der Waals surface area (Å²) >= 11 is 0. The van der Waals surface area contributed by atoms with Gasteiger partial charge in [0.1, 0.15) is 10.7 Å². The Hall–Kier alpha value is -1.27. The maximum atomic E-state index is 13.8. The van der Waals surface area contributed by atoms with Crippen LogP contribution in [0.5, 0.6) is 0 Å². The van der Waals surface area contributed by atoms with Crippen molar-refractivity contribution in [2.24, 2.45) is 0 Å². The van der Waals surface area contributed by atoms with E-state index < -0.39 is 20.7 Å². The van der Waals surface area contributed by atoms with Crippen molar-refractivity contribution in [2.45, 2.75) is 56.4 Å². The third-order valence-corrected chi connectivity index (χ3v) is 5.34. The molecule has 0 amide bonds. The zero-order valence-electron chi connectivity index (χ0n) is 12.1. The molecule has 0 atom stereocenters. The van der Waals surface area contributed by atoms with Crippen LogP contribution in [-0.2, 0) is 10.0 Å². The molecule has 6 heteroatoms. The van der Waals surface area contributed by atoms with E-state index in [0.29, 0.717) is 0 Å². The van der Waals surface area contributed by atoms with E-state index in [1.807, 2.05) is 0 Å². The topological polar surface area (TPSA) is 63.2 Å². The molecule has 0 aliphatic heterocycles. The maximum absolute atomic E-state index is 13.8. The van der Waals surface area contributed by atoms with Gasteiger partial charge in [-0.05, 0) is 38.0 Å². The smallest absolute Gasteiger partial charge is 0.243 e. The molecule has 0 spiro atoms. The molecule has 0 radical (unpaired) electrons. The molecule has 0 unspecified atom stereocenters. The number of ketones is 1. The predicted molar refractivity (Wildman–Crippen MR) is 78.2 cm³/mol. The fourth-order valence-corrected chi connectivity index (χ4v) is 4.02. The lowest BCUT2D eigenvalue weighted by Gasteiger charge is -2.17. The number of halogens is 1. The van der Waals surface area contributed by atoms with Gasteiger partial charge in [-0.2, -0.15) is 0 Å². The number of rotatable bonds is 4.